The van der Waals surface area contributed by atoms with Crippen molar-refractivity contribution in [2.24, 2.45) is 0 Å². The molecule has 0 saturated heterocycles. The summed E-state index contributed by atoms with van der Waals surface area (Å²) in [4.78, 5) is 12.3. The van der Waals surface area contributed by atoms with Gasteiger partial charge < -0.3 is 10.4 Å². The highest BCUT2D eigenvalue weighted by Gasteiger charge is 2.18. The van der Waals surface area contributed by atoms with E-state index < -0.39 is 0 Å². The number of anilines is 1. The Hall–Kier alpha value is -2.29. The Morgan fingerprint density at radius 1 is 1.11 bits per heavy atom. The van der Waals surface area contributed by atoms with Crippen molar-refractivity contribution in [2.75, 3.05) is 5.32 Å². The molecule has 0 unspecified atom stereocenters. The average Bonchev–Trinajstić information content (AvgIpc) is 2.43. The van der Waals surface area contributed by atoms with Crippen LogP contribution < -0.4 is 5.32 Å². The van der Waals surface area contributed by atoms with Crippen molar-refractivity contribution in [3.05, 3.63) is 60.2 Å². The molecule has 3 nitrogen and oxygen atoms in total. The molecule has 1 amide bonds. The number of benzene rings is 2. The van der Waals surface area contributed by atoms with Crippen LogP contribution >= 0.6 is 0 Å². The monoisotopic (exact) mass is 255 g/mol. The third-order valence-electron chi connectivity index (χ3n) is 3.06. The van der Waals surface area contributed by atoms with Gasteiger partial charge in [-0.3, -0.25) is 4.79 Å². The van der Waals surface area contributed by atoms with Crippen LogP contribution in [-0.4, -0.2) is 11.0 Å². The van der Waals surface area contributed by atoms with Crippen molar-refractivity contribution in [1.82, 2.24) is 0 Å². The summed E-state index contributed by atoms with van der Waals surface area (Å²) in [6.45, 7) is 1.99. The molecule has 0 bridgehead atoms. The summed E-state index contributed by atoms with van der Waals surface area (Å²) in [5.41, 5.74) is 1.71. The lowest BCUT2D eigenvalue weighted by molar-refractivity contribution is -0.117. The zero-order chi connectivity index (χ0) is 13.7. The normalized spacial score (nSPS) is 11.8. The van der Waals surface area contributed by atoms with Gasteiger partial charge in [0.15, 0.2) is 0 Å². The first-order valence-corrected chi connectivity index (χ1v) is 6.35. The van der Waals surface area contributed by atoms with E-state index in [0.29, 0.717) is 5.69 Å². The third kappa shape index (κ3) is 3.35. The largest absolute Gasteiger partial charge is 0.508 e. The Labute approximate surface area is 112 Å². The second kappa shape index (κ2) is 6.05. The molecule has 98 valence electrons. The number of phenols is 1. The SMILES string of the molecule is CC[C@H](C(=O)Nc1ccc(O)cc1)c1ccccc1. The fourth-order valence-corrected chi connectivity index (χ4v) is 2.03. The van der Waals surface area contributed by atoms with E-state index in [1.54, 1.807) is 24.3 Å². The van der Waals surface area contributed by atoms with Crippen LogP contribution in [0.5, 0.6) is 5.75 Å². The number of phenolic OH excluding ortho intramolecular Hbond substituents is 1. The Morgan fingerprint density at radius 3 is 2.32 bits per heavy atom. The van der Waals surface area contributed by atoms with Gasteiger partial charge in [-0.2, -0.15) is 0 Å². The molecule has 19 heavy (non-hydrogen) atoms. The van der Waals surface area contributed by atoms with Gasteiger partial charge in [-0.05, 0) is 36.2 Å². The maximum Gasteiger partial charge on any atom is 0.231 e. The summed E-state index contributed by atoms with van der Waals surface area (Å²) >= 11 is 0. The molecular formula is C16H17NO2. The molecule has 3 heteroatoms. The maximum absolute atomic E-state index is 12.3. The van der Waals surface area contributed by atoms with Crippen molar-refractivity contribution in [1.29, 1.82) is 0 Å². The molecule has 2 aromatic rings. The van der Waals surface area contributed by atoms with E-state index in [9.17, 15) is 9.90 Å². The summed E-state index contributed by atoms with van der Waals surface area (Å²) < 4.78 is 0. The fourth-order valence-electron chi connectivity index (χ4n) is 2.03. The van der Waals surface area contributed by atoms with Gasteiger partial charge in [-0.1, -0.05) is 37.3 Å². The molecular weight excluding hydrogens is 238 g/mol. The molecule has 0 spiro atoms. The summed E-state index contributed by atoms with van der Waals surface area (Å²) in [7, 11) is 0. The first-order valence-electron chi connectivity index (χ1n) is 6.35. The minimum Gasteiger partial charge on any atom is -0.508 e. The van der Waals surface area contributed by atoms with Crippen LogP contribution in [0.2, 0.25) is 0 Å². The van der Waals surface area contributed by atoms with Gasteiger partial charge in [0, 0.05) is 5.69 Å². The van der Waals surface area contributed by atoms with Gasteiger partial charge in [-0.25, -0.2) is 0 Å². The molecule has 0 aliphatic carbocycles. The molecule has 2 N–H and O–H groups in total. The van der Waals surface area contributed by atoms with Crippen LogP contribution in [0.1, 0.15) is 24.8 Å². The highest BCUT2D eigenvalue weighted by atomic mass is 16.3. The lowest BCUT2D eigenvalue weighted by Gasteiger charge is -2.15. The second-order valence-electron chi connectivity index (χ2n) is 4.41. The van der Waals surface area contributed by atoms with Crippen LogP contribution in [0.25, 0.3) is 0 Å². The minimum absolute atomic E-state index is 0.0283. The van der Waals surface area contributed by atoms with Crippen LogP contribution in [-0.2, 0) is 4.79 Å². The van der Waals surface area contributed by atoms with E-state index in [2.05, 4.69) is 5.32 Å². The Kier molecular flexibility index (Phi) is 4.18. The van der Waals surface area contributed by atoms with Gasteiger partial charge in [0.25, 0.3) is 0 Å². The molecule has 2 rings (SSSR count). The topological polar surface area (TPSA) is 49.3 Å². The fraction of sp³-hybridized carbons (Fsp3) is 0.188. The number of nitrogens with one attached hydrogen (secondary N) is 1. The Morgan fingerprint density at radius 2 is 1.74 bits per heavy atom. The van der Waals surface area contributed by atoms with Crippen molar-refractivity contribution < 1.29 is 9.90 Å². The van der Waals surface area contributed by atoms with Crippen molar-refractivity contribution >= 4 is 11.6 Å². The summed E-state index contributed by atoms with van der Waals surface area (Å²) in [6, 6.07) is 16.2. The lowest BCUT2D eigenvalue weighted by Crippen LogP contribution is -2.20. The second-order valence-corrected chi connectivity index (χ2v) is 4.41. The Balaban J connectivity index is 2.11. The number of hydrogen-bond donors (Lipinski definition) is 2. The summed E-state index contributed by atoms with van der Waals surface area (Å²) in [5, 5.41) is 12.1. The smallest absolute Gasteiger partial charge is 0.231 e. The number of amides is 1. The number of rotatable bonds is 4. The molecule has 1 atom stereocenters. The van der Waals surface area contributed by atoms with E-state index in [0.717, 1.165) is 12.0 Å². The number of aromatic hydroxyl groups is 1. The maximum atomic E-state index is 12.3. The Bertz CT molecular complexity index is 534. The predicted octanol–water partition coefficient (Wildman–Crippen LogP) is 3.52. The van der Waals surface area contributed by atoms with Crippen molar-refractivity contribution in [3.63, 3.8) is 0 Å². The van der Waals surface area contributed by atoms with Gasteiger partial charge in [0.05, 0.1) is 5.92 Å². The molecule has 0 aromatic heterocycles. The van der Waals surface area contributed by atoms with Gasteiger partial charge in [-0.15, -0.1) is 0 Å². The molecule has 0 fully saturated rings. The molecule has 0 aliphatic heterocycles. The first-order chi connectivity index (χ1) is 9.20. The van der Waals surface area contributed by atoms with E-state index in [4.69, 9.17) is 0 Å². The average molecular weight is 255 g/mol. The highest BCUT2D eigenvalue weighted by molar-refractivity contribution is 5.95. The van der Waals surface area contributed by atoms with E-state index in [1.165, 1.54) is 0 Å². The number of carbonyl (C=O) groups excluding carboxylic acids is 1. The minimum atomic E-state index is -0.157. The number of hydrogen-bond acceptors (Lipinski definition) is 2. The lowest BCUT2D eigenvalue weighted by atomic mass is 9.95. The quantitative estimate of drug-likeness (QED) is 0.821. The van der Waals surface area contributed by atoms with Gasteiger partial charge in [0.2, 0.25) is 5.91 Å². The van der Waals surface area contributed by atoms with Gasteiger partial charge >= 0.3 is 0 Å². The zero-order valence-electron chi connectivity index (χ0n) is 10.8. The molecule has 0 aliphatic rings. The first kappa shape index (κ1) is 13.1. The molecule has 2 aromatic carbocycles. The zero-order valence-corrected chi connectivity index (χ0v) is 10.8. The highest BCUT2D eigenvalue weighted by Crippen LogP contribution is 2.22. The van der Waals surface area contributed by atoms with Crippen LogP contribution in [0, 0.1) is 0 Å². The summed E-state index contributed by atoms with van der Waals surface area (Å²) in [5.74, 6) is 0.00231. The predicted molar refractivity (Wildman–Crippen MR) is 76.2 cm³/mol. The molecule has 0 radical (unpaired) electrons. The summed E-state index contributed by atoms with van der Waals surface area (Å²) in [6.07, 6.45) is 0.744. The van der Waals surface area contributed by atoms with E-state index in [-0.39, 0.29) is 17.6 Å². The van der Waals surface area contributed by atoms with Crippen LogP contribution in [0.3, 0.4) is 0 Å². The van der Waals surface area contributed by atoms with Gasteiger partial charge in [0.1, 0.15) is 5.75 Å². The van der Waals surface area contributed by atoms with E-state index in [1.807, 2.05) is 37.3 Å². The third-order valence-corrected chi connectivity index (χ3v) is 3.06. The van der Waals surface area contributed by atoms with Crippen LogP contribution in [0.4, 0.5) is 5.69 Å². The van der Waals surface area contributed by atoms with Crippen LogP contribution in [0.15, 0.2) is 54.6 Å². The van der Waals surface area contributed by atoms with Crippen molar-refractivity contribution in [2.45, 2.75) is 19.3 Å². The number of carbonyl (C=O) groups is 1. The standard InChI is InChI=1S/C16H17NO2/c1-2-15(12-6-4-3-5-7-12)16(19)17-13-8-10-14(18)11-9-13/h3-11,15,18H,2H2,1H3,(H,17,19)/t15-/m0/s1. The van der Waals surface area contributed by atoms with E-state index >= 15 is 0 Å². The molecule has 0 heterocycles. The molecule has 0 saturated carbocycles. The van der Waals surface area contributed by atoms with Crippen molar-refractivity contribution in [3.8, 4) is 5.75 Å².